The molecule has 370 valence electrons. The predicted molar refractivity (Wildman–Crippen MR) is 252 cm³/mol. The summed E-state index contributed by atoms with van der Waals surface area (Å²) >= 11 is 0. The van der Waals surface area contributed by atoms with Gasteiger partial charge in [0.05, 0.1) is 19.0 Å². The van der Waals surface area contributed by atoms with E-state index in [1.54, 1.807) is 33.3 Å². The zero-order valence-corrected chi connectivity index (χ0v) is 42.9. The summed E-state index contributed by atoms with van der Waals surface area (Å²) in [6.07, 6.45) is -0.693. The van der Waals surface area contributed by atoms with Crippen molar-refractivity contribution in [2.45, 2.75) is 179 Å². The van der Waals surface area contributed by atoms with Gasteiger partial charge in [-0.25, -0.2) is 29.3 Å². The van der Waals surface area contributed by atoms with Gasteiger partial charge < -0.3 is 60.1 Å². The fourth-order valence-electron chi connectivity index (χ4n) is 7.47. The van der Waals surface area contributed by atoms with Gasteiger partial charge in [-0.3, -0.25) is 9.13 Å². The first kappa shape index (κ1) is 52.9. The van der Waals surface area contributed by atoms with Crippen molar-refractivity contribution in [1.29, 1.82) is 0 Å². The Morgan fingerprint density at radius 2 is 1.56 bits per heavy atom. The van der Waals surface area contributed by atoms with Gasteiger partial charge in [-0.2, -0.15) is 4.98 Å². The Labute approximate surface area is 389 Å². The molecule has 8 atom stereocenters. The molecule has 0 saturated carbocycles. The lowest BCUT2D eigenvalue weighted by Crippen LogP contribution is -2.54. The fourth-order valence-corrected chi connectivity index (χ4v) is 10.1. The van der Waals surface area contributed by atoms with Crippen LogP contribution < -0.4 is 22.5 Å². The van der Waals surface area contributed by atoms with E-state index in [1.807, 2.05) is 4.57 Å². The number of nitrogens with zero attached hydrogens (tertiary/aromatic N) is 7. The smallest absolute Gasteiger partial charge is 0.408 e. The lowest BCUT2D eigenvalue weighted by molar-refractivity contribution is -0.139. The van der Waals surface area contributed by atoms with Crippen molar-refractivity contribution in [2.75, 3.05) is 37.7 Å². The van der Waals surface area contributed by atoms with E-state index in [1.165, 1.54) is 10.9 Å². The molecule has 23 heteroatoms. The first-order valence-corrected chi connectivity index (χ1v) is 28.5. The number of amides is 1. The molecule has 3 aromatic rings. The first-order chi connectivity index (χ1) is 30.4. The quantitative estimate of drug-likeness (QED) is 0.0976. The van der Waals surface area contributed by atoms with E-state index < -0.39 is 95.6 Å². The number of carbonyl (C=O) groups is 2. The van der Waals surface area contributed by atoms with Crippen molar-refractivity contribution in [3.05, 3.63) is 34.9 Å². The topological polar surface area (TPSA) is 287 Å². The summed E-state index contributed by atoms with van der Waals surface area (Å²) in [5.41, 5.74) is 12.5. The Morgan fingerprint density at radius 3 is 2.14 bits per heavy atom. The Kier molecular flexibility index (Phi) is 16.2. The molecule has 21 nitrogen and oxygen atoms in total. The van der Waals surface area contributed by atoms with E-state index in [-0.39, 0.29) is 47.6 Å². The Balaban J connectivity index is 1.54. The van der Waals surface area contributed by atoms with Crippen LogP contribution in [0.25, 0.3) is 11.2 Å². The van der Waals surface area contributed by atoms with Crippen LogP contribution in [0.15, 0.2) is 23.6 Å². The number of alkyl carbamates (subject to hydrolysis) is 1. The van der Waals surface area contributed by atoms with Gasteiger partial charge in [0.15, 0.2) is 34.3 Å². The molecule has 66 heavy (non-hydrogen) atoms. The molecule has 0 radical (unpaired) electrons. The summed E-state index contributed by atoms with van der Waals surface area (Å²) in [4.78, 5) is 57.9. The Bertz CT molecular complexity index is 2220. The molecule has 0 aromatic carbocycles. The lowest BCUT2D eigenvalue weighted by Gasteiger charge is -2.44. The number of hydrogen-bond acceptors (Lipinski definition) is 17. The minimum Gasteiger partial charge on any atom is -0.480 e. The van der Waals surface area contributed by atoms with Crippen molar-refractivity contribution in [3.63, 3.8) is 0 Å². The number of aromatic nitrogens is 6. The number of fused-ring (bicyclic) bond motifs is 1. The third-order valence-electron chi connectivity index (χ3n) is 13.3. The van der Waals surface area contributed by atoms with Crippen LogP contribution in [0.3, 0.4) is 0 Å². The molecule has 0 bridgehead atoms. The molecular weight excluding hydrogens is 889 g/mol. The number of rotatable bonds is 18. The Morgan fingerprint density at radius 1 is 0.924 bits per heavy atom. The summed E-state index contributed by atoms with van der Waals surface area (Å²) in [5.74, 6) is -0.964. The number of aliphatic hydroxyl groups excluding tert-OH is 2. The van der Waals surface area contributed by atoms with Crippen LogP contribution in [-0.2, 0) is 34.3 Å². The van der Waals surface area contributed by atoms with Crippen LogP contribution in [-0.4, -0.2) is 146 Å². The highest BCUT2D eigenvalue weighted by atomic mass is 28.4. The molecule has 0 spiro atoms. The highest BCUT2D eigenvalue weighted by molar-refractivity contribution is 6.74. The number of imidazole rings is 1. The largest absolute Gasteiger partial charge is 0.480 e. The molecule has 3 aromatic heterocycles. The number of ether oxygens (including phenoxy) is 3. The van der Waals surface area contributed by atoms with Gasteiger partial charge in [0, 0.05) is 31.3 Å². The monoisotopic (exact) mass is 963 g/mol. The minimum absolute atomic E-state index is 0.00662. The molecule has 0 unspecified atom stereocenters. The predicted octanol–water partition coefficient (Wildman–Crippen LogP) is 4.17. The molecular formula is C43H74N10O11Si2. The van der Waals surface area contributed by atoms with E-state index in [9.17, 15) is 29.7 Å². The maximum atomic E-state index is 13.0. The van der Waals surface area contributed by atoms with Crippen molar-refractivity contribution in [2.24, 2.45) is 0 Å². The molecule has 5 rings (SSSR count). The summed E-state index contributed by atoms with van der Waals surface area (Å²) in [5, 5.41) is 32.5. The fraction of sp³-hybridized carbons (Fsp3) is 0.744. The second-order valence-corrected chi connectivity index (χ2v) is 31.0. The zero-order chi connectivity index (χ0) is 49.3. The van der Waals surface area contributed by atoms with Crippen LogP contribution in [0.1, 0.15) is 99.6 Å². The van der Waals surface area contributed by atoms with Crippen molar-refractivity contribution >= 4 is 51.5 Å². The van der Waals surface area contributed by atoms with Gasteiger partial charge in [0.1, 0.15) is 59.9 Å². The van der Waals surface area contributed by atoms with E-state index in [2.05, 4.69) is 97.9 Å². The van der Waals surface area contributed by atoms with E-state index >= 15 is 0 Å². The summed E-state index contributed by atoms with van der Waals surface area (Å²) in [7, 11) is -5.11. The number of aliphatic hydroxyl groups is 2. The second kappa shape index (κ2) is 20.3. The van der Waals surface area contributed by atoms with Gasteiger partial charge in [-0.05, 0) is 82.8 Å². The number of aliphatic carboxylic acids is 1. The van der Waals surface area contributed by atoms with Gasteiger partial charge in [0.2, 0.25) is 0 Å². The van der Waals surface area contributed by atoms with Gasteiger partial charge in [-0.1, -0.05) is 41.5 Å². The van der Waals surface area contributed by atoms with Crippen LogP contribution in [0.5, 0.6) is 0 Å². The SMILES string of the molecule is CC(C)(C)OC(=O)N[C@@H](CCN(CCCc1cn([C@@H]2C[C@H](O)[C@@H](CO)O2)c(=O)nc1N)C[C@H]1O[C@@H](n2cnc3c(N)ncnc32)[C@H](O[Si](C)(C)C(C)(C)C)[C@@H]1O[Si](C)(C)C(C)(C)C)C(=O)O. The van der Waals surface area contributed by atoms with Gasteiger partial charge in [-0.15, -0.1) is 0 Å². The van der Waals surface area contributed by atoms with Crippen LogP contribution in [0, 0.1) is 0 Å². The number of carboxylic acid groups (broad SMARTS) is 1. The average molecular weight is 963 g/mol. The number of hydrogen-bond donors (Lipinski definition) is 6. The maximum Gasteiger partial charge on any atom is 0.408 e. The van der Waals surface area contributed by atoms with Gasteiger partial charge >= 0.3 is 17.8 Å². The van der Waals surface area contributed by atoms with E-state index in [0.29, 0.717) is 36.1 Å². The van der Waals surface area contributed by atoms with Crippen LogP contribution in [0.2, 0.25) is 36.3 Å². The van der Waals surface area contributed by atoms with Crippen molar-refractivity contribution in [1.82, 2.24) is 39.3 Å². The van der Waals surface area contributed by atoms with Gasteiger partial charge in [0.25, 0.3) is 0 Å². The third-order valence-corrected chi connectivity index (χ3v) is 22.2. The van der Waals surface area contributed by atoms with E-state index in [4.69, 9.17) is 34.5 Å². The van der Waals surface area contributed by atoms with E-state index in [0.717, 1.165) is 0 Å². The molecule has 2 saturated heterocycles. The van der Waals surface area contributed by atoms with Crippen LogP contribution >= 0.6 is 0 Å². The molecule has 2 aliphatic rings. The van der Waals surface area contributed by atoms with Crippen molar-refractivity contribution in [3.8, 4) is 0 Å². The molecule has 5 heterocycles. The minimum atomic E-state index is -2.56. The maximum absolute atomic E-state index is 13.0. The highest BCUT2D eigenvalue weighted by Crippen LogP contribution is 2.46. The number of nitrogens with one attached hydrogen (secondary N) is 1. The number of aryl methyl sites for hydroxylation is 1. The number of carboxylic acids is 1. The molecule has 0 aliphatic carbocycles. The normalized spacial score (nSPS) is 23.7. The molecule has 1 amide bonds. The third kappa shape index (κ3) is 12.5. The summed E-state index contributed by atoms with van der Waals surface area (Å²) in [6.45, 7) is 27.2. The Hall–Kier alpha value is -4.08. The lowest BCUT2D eigenvalue weighted by atomic mass is 10.1. The summed E-state index contributed by atoms with van der Waals surface area (Å²) < 4.78 is 36.1. The standard InChI is InChI=1S/C43H74N10O11Si2/c1-41(2,3)62-40(59)49-26(38(56)57)16-18-51(17-14-15-25-20-52(39(58)50-34(25)44)30-19-27(55)29(22-54)60-30)21-28-32(63-65(10,11)42(4,5)6)33(64-66(12,13)43(7,8)9)37(61-28)53-24-48-31-35(45)46-23-47-36(31)53/h20,23-24,26-30,32-33,37,54-55H,14-19,21-22H2,1-13H3,(H,49,59)(H,56,57)(H2,44,50,58)(H2,45,46,47)/t26-,27-,28+,29+,30-,32+,33+,37+/m0/s1. The number of carbonyl (C=O) groups excluding carboxylic acids is 1. The first-order valence-electron chi connectivity index (χ1n) is 22.6. The zero-order valence-electron chi connectivity index (χ0n) is 40.9. The van der Waals surface area contributed by atoms with Crippen LogP contribution in [0.4, 0.5) is 16.4 Å². The number of nitrogens with two attached hydrogens (primary N) is 2. The van der Waals surface area contributed by atoms with Crippen molar-refractivity contribution < 1.29 is 48.0 Å². The number of nitrogen functional groups attached to an aromatic ring is 2. The highest BCUT2D eigenvalue weighted by Gasteiger charge is 2.55. The summed E-state index contributed by atoms with van der Waals surface area (Å²) in [6, 6.07) is -1.29. The number of anilines is 2. The average Bonchev–Trinajstić information content (AvgIpc) is 3.87. The molecule has 2 aliphatic heterocycles. The molecule has 2 fully saturated rings. The second-order valence-electron chi connectivity index (χ2n) is 21.5. The molecule has 8 N–H and O–H groups in total.